The van der Waals surface area contributed by atoms with Crippen LogP contribution in [-0.4, -0.2) is 23.5 Å². The van der Waals surface area contributed by atoms with Gasteiger partial charge in [0.25, 0.3) is 5.60 Å². The summed E-state index contributed by atoms with van der Waals surface area (Å²) in [6.45, 7) is 2.12. The van der Waals surface area contributed by atoms with Crippen LogP contribution in [0.25, 0.3) is 0 Å². The molecule has 0 heterocycles. The van der Waals surface area contributed by atoms with E-state index >= 15 is 0 Å². The Morgan fingerprint density at radius 1 is 1.05 bits per heavy atom. The van der Waals surface area contributed by atoms with Crippen LogP contribution in [0, 0.1) is 13.8 Å². The summed E-state index contributed by atoms with van der Waals surface area (Å²) < 4.78 is 77.1. The third-order valence-electron chi connectivity index (χ3n) is 3.04. The number of aryl methyl sites for hydroxylation is 2. The smallest absolute Gasteiger partial charge is 0.369 e. The number of nitrogens with one attached hydrogen (secondary N) is 1. The molecule has 2 amide bonds. The fraction of sp³-hybridized carbons (Fsp3) is 0.417. The summed E-state index contributed by atoms with van der Waals surface area (Å²) >= 11 is 0. The molecule has 0 aromatic heterocycles. The first-order chi connectivity index (χ1) is 9.71. The van der Waals surface area contributed by atoms with E-state index in [1.807, 2.05) is 0 Å². The van der Waals surface area contributed by atoms with Gasteiger partial charge in [0.1, 0.15) is 0 Å². The Morgan fingerprint density at radius 2 is 1.50 bits per heavy atom. The Bertz CT molecular complexity index is 581. The van der Waals surface area contributed by atoms with Crippen molar-refractivity contribution in [3.63, 3.8) is 0 Å². The normalized spacial score (nSPS) is 13.1. The Balaban J connectivity index is 3.60. The van der Waals surface area contributed by atoms with Gasteiger partial charge in [-0.05, 0) is 31.0 Å². The number of primary amides is 1. The van der Waals surface area contributed by atoms with E-state index in [0.717, 1.165) is 13.0 Å². The van der Waals surface area contributed by atoms with Gasteiger partial charge in [-0.25, -0.2) is 4.79 Å². The number of carbonyl (C=O) groups is 1. The summed E-state index contributed by atoms with van der Waals surface area (Å²) in [5.74, 6) is 0. The molecule has 10 heteroatoms. The van der Waals surface area contributed by atoms with E-state index in [0.29, 0.717) is 6.07 Å². The lowest BCUT2D eigenvalue weighted by Crippen LogP contribution is -2.54. The van der Waals surface area contributed by atoms with Crippen molar-refractivity contribution in [1.29, 1.82) is 0 Å². The number of aliphatic hydroxyl groups is 1. The summed E-state index contributed by atoms with van der Waals surface area (Å²) in [5, 5.41) is 11.4. The first-order valence-corrected chi connectivity index (χ1v) is 5.76. The highest BCUT2D eigenvalue weighted by atomic mass is 19.4. The fourth-order valence-corrected chi connectivity index (χ4v) is 1.94. The maximum Gasteiger partial charge on any atom is 0.430 e. The fourth-order valence-electron chi connectivity index (χ4n) is 1.94. The zero-order valence-corrected chi connectivity index (χ0v) is 11.4. The van der Waals surface area contributed by atoms with E-state index in [2.05, 4.69) is 5.32 Å². The predicted molar refractivity (Wildman–Crippen MR) is 65.1 cm³/mol. The molecule has 1 rings (SSSR count). The second-order valence-corrected chi connectivity index (χ2v) is 4.68. The molecule has 0 saturated carbocycles. The van der Waals surface area contributed by atoms with Gasteiger partial charge in [-0.15, -0.1) is 0 Å². The van der Waals surface area contributed by atoms with E-state index in [4.69, 9.17) is 5.73 Å². The first kappa shape index (κ1) is 18.1. The molecule has 1 aromatic carbocycles. The van der Waals surface area contributed by atoms with Gasteiger partial charge in [0.15, 0.2) is 0 Å². The first-order valence-electron chi connectivity index (χ1n) is 5.76. The van der Waals surface area contributed by atoms with Crippen LogP contribution in [0.2, 0.25) is 0 Å². The quantitative estimate of drug-likeness (QED) is 0.729. The van der Waals surface area contributed by atoms with Gasteiger partial charge >= 0.3 is 18.4 Å². The van der Waals surface area contributed by atoms with Crippen LogP contribution in [0.4, 0.5) is 36.8 Å². The van der Waals surface area contributed by atoms with E-state index in [1.165, 1.54) is 6.92 Å². The third-order valence-corrected chi connectivity index (χ3v) is 3.04. The topological polar surface area (TPSA) is 75.3 Å². The maximum absolute atomic E-state index is 12.8. The zero-order valence-electron chi connectivity index (χ0n) is 11.4. The van der Waals surface area contributed by atoms with Crippen molar-refractivity contribution in [2.75, 3.05) is 5.32 Å². The Morgan fingerprint density at radius 3 is 1.86 bits per heavy atom. The zero-order chi connectivity index (χ0) is 17.5. The van der Waals surface area contributed by atoms with Crippen molar-refractivity contribution in [3.8, 4) is 0 Å². The summed E-state index contributed by atoms with van der Waals surface area (Å²) in [6, 6.07) is 0.358. The number of nitrogens with two attached hydrogens (primary N) is 1. The number of urea groups is 1. The highest BCUT2D eigenvalue weighted by molar-refractivity contribution is 5.88. The Hall–Kier alpha value is -1.97. The standard InChI is InChI=1S/C12H12F6N2O2/c1-5-4-8(20-9(19)21)6(2)3-7(5)10(22,11(13,14)15)12(16,17)18/h3-4,22H,1-2H3,(H3,19,20,21). The number of alkyl halides is 6. The maximum atomic E-state index is 12.8. The van der Waals surface area contributed by atoms with Crippen LogP contribution in [0.5, 0.6) is 0 Å². The molecule has 0 aliphatic carbocycles. The predicted octanol–water partition coefficient (Wildman–Crippen LogP) is 3.11. The van der Waals surface area contributed by atoms with E-state index in [1.54, 1.807) is 0 Å². The molecule has 0 bridgehead atoms. The van der Waals surface area contributed by atoms with Crippen molar-refractivity contribution < 1.29 is 36.2 Å². The van der Waals surface area contributed by atoms with Crippen LogP contribution >= 0.6 is 0 Å². The second-order valence-electron chi connectivity index (χ2n) is 4.68. The Kier molecular flexibility index (Phi) is 4.39. The average Bonchev–Trinajstić information content (AvgIpc) is 2.28. The Labute approximate surface area is 120 Å². The van der Waals surface area contributed by atoms with Crippen molar-refractivity contribution in [2.24, 2.45) is 5.73 Å². The van der Waals surface area contributed by atoms with Gasteiger partial charge in [-0.3, -0.25) is 0 Å². The number of hydrogen-bond donors (Lipinski definition) is 3. The molecule has 0 radical (unpaired) electrons. The van der Waals surface area contributed by atoms with Crippen LogP contribution in [-0.2, 0) is 5.60 Å². The van der Waals surface area contributed by atoms with Gasteiger partial charge in [0, 0.05) is 11.3 Å². The molecule has 4 N–H and O–H groups in total. The minimum absolute atomic E-state index is 0.0551. The number of halogens is 6. The van der Waals surface area contributed by atoms with Crippen molar-refractivity contribution >= 4 is 11.7 Å². The van der Waals surface area contributed by atoms with Gasteiger partial charge in [0.05, 0.1) is 0 Å². The van der Waals surface area contributed by atoms with Crippen molar-refractivity contribution in [1.82, 2.24) is 0 Å². The lowest BCUT2D eigenvalue weighted by atomic mass is 9.87. The van der Waals surface area contributed by atoms with Crippen LogP contribution in [0.15, 0.2) is 12.1 Å². The van der Waals surface area contributed by atoms with Gasteiger partial charge < -0.3 is 16.2 Å². The molecule has 0 aliphatic heterocycles. The number of anilines is 1. The molecule has 0 saturated heterocycles. The molecule has 4 nitrogen and oxygen atoms in total. The van der Waals surface area contributed by atoms with Crippen molar-refractivity contribution in [2.45, 2.75) is 31.8 Å². The second kappa shape index (κ2) is 5.34. The lowest BCUT2D eigenvalue weighted by molar-refractivity contribution is -0.376. The molecular formula is C12H12F6N2O2. The van der Waals surface area contributed by atoms with E-state index in [-0.39, 0.29) is 11.3 Å². The summed E-state index contributed by atoms with van der Waals surface area (Å²) in [5.41, 5.74) is -2.21. The highest BCUT2D eigenvalue weighted by Crippen LogP contribution is 2.51. The summed E-state index contributed by atoms with van der Waals surface area (Å²) in [6.07, 6.45) is -11.9. The number of amides is 2. The molecule has 22 heavy (non-hydrogen) atoms. The number of rotatable bonds is 2. The summed E-state index contributed by atoms with van der Waals surface area (Å²) in [7, 11) is 0. The molecule has 1 aromatic rings. The van der Waals surface area contributed by atoms with E-state index in [9.17, 15) is 36.2 Å². The summed E-state index contributed by atoms with van der Waals surface area (Å²) in [4.78, 5) is 10.7. The molecule has 0 unspecified atom stereocenters. The lowest BCUT2D eigenvalue weighted by Gasteiger charge is -2.34. The van der Waals surface area contributed by atoms with Crippen LogP contribution in [0.3, 0.4) is 0 Å². The monoisotopic (exact) mass is 330 g/mol. The number of carbonyl (C=O) groups excluding carboxylic acids is 1. The number of benzene rings is 1. The highest BCUT2D eigenvalue weighted by Gasteiger charge is 2.71. The molecule has 0 aliphatic rings. The van der Waals surface area contributed by atoms with Crippen LogP contribution < -0.4 is 11.1 Å². The SMILES string of the molecule is Cc1cc(C(O)(C(F)(F)F)C(F)(F)F)c(C)cc1NC(N)=O. The molecule has 0 atom stereocenters. The molecule has 0 spiro atoms. The van der Waals surface area contributed by atoms with Gasteiger partial charge in [-0.2, -0.15) is 26.3 Å². The molecule has 0 fully saturated rings. The van der Waals surface area contributed by atoms with Gasteiger partial charge in [-0.1, -0.05) is 6.07 Å². The average molecular weight is 330 g/mol. The minimum Gasteiger partial charge on any atom is -0.369 e. The van der Waals surface area contributed by atoms with Crippen molar-refractivity contribution in [3.05, 3.63) is 28.8 Å². The van der Waals surface area contributed by atoms with Crippen LogP contribution in [0.1, 0.15) is 16.7 Å². The van der Waals surface area contributed by atoms with E-state index < -0.39 is 35.1 Å². The third kappa shape index (κ3) is 2.96. The van der Waals surface area contributed by atoms with Gasteiger partial charge in [0.2, 0.25) is 0 Å². The minimum atomic E-state index is -5.97. The largest absolute Gasteiger partial charge is 0.430 e. The molecular weight excluding hydrogens is 318 g/mol. The number of hydrogen-bond acceptors (Lipinski definition) is 2. The molecule has 124 valence electrons.